The number of benzene rings is 1. The molecule has 1 aromatic carbocycles. The molecule has 0 aliphatic rings. The molecule has 0 aliphatic heterocycles. The van der Waals surface area contributed by atoms with Crippen LogP contribution in [0, 0.1) is 13.8 Å². The van der Waals surface area contributed by atoms with Gasteiger partial charge in [0.1, 0.15) is 0 Å². The lowest BCUT2D eigenvalue weighted by atomic mass is 10.1. The minimum atomic E-state index is -3.27. The van der Waals surface area contributed by atoms with Gasteiger partial charge in [-0.05, 0) is 44.0 Å². The summed E-state index contributed by atoms with van der Waals surface area (Å²) in [6.07, 6.45) is 1.00. The van der Waals surface area contributed by atoms with Gasteiger partial charge < -0.3 is 5.32 Å². The SMILES string of the molecule is CCCNCCS(=O)(=O)Nc1cccc(C)c1C. The monoisotopic (exact) mass is 270 g/mol. The molecule has 0 fully saturated rings. The third-order valence-corrected chi connectivity index (χ3v) is 4.12. The summed E-state index contributed by atoms with van der Waals surface area (Å²) in [5.41, 5.74) is 2.73. The van der Waals surface area contributed by atoms with Crippen molar-refractivity contribution in [1.29, 1.82) is 0 Å². The molecular weight excluding hydrogens is 248 g/mol. The van der Waals surface area contributed by atoms with Crippen LogP contribution in [0.5, 0.6) is 0 Å². The van der Waals surface area contributed by atoms with Gasteiger partial charge in [0.25, 0.3) is 0 Å². The Balaban J connectivity index is 2.62. The molecule has 1 rings (SSSR count). The summed E-state index contributed by atoms with van der Waals surface area (Å²) in [4.78, 5) is 0. The Labute approximate surface area is 110 Å². The lowest BCUT2D eigenvalue weighted by Crippen LogP contribution is -2.27. The average Bonchev–Trinajstić information content (AvgIpc) is 2.31. The first kappa shape index (κ1) is 15.0. The Kier molecular flexibility index (Phi) is 5.62. The van der Waals surface area contributed by atoms with Gasteiger partial charge in [-0.2, -0.15) is 0 Å². The second kappa shape index (κ2) is 6.75. The van der Waals surface area contributed by atoms with E-state index in [0.29, 0.717) is 12.2 Å². The summed E-state index contributed by atoms with van der Waals surface area (Å²) in [7, 11) is -3.27. The van der Waals surface area contributed by atoms with Crippen molar-refractivity contribution in [1.82, 2.24) is 5.32 Å². The Morgan fingerprint density at radius 2 is 1.89 bits per heavy atom. The van der Waals surface area contributed by atoms with Gasteiger partial charge in [0.05, 0.1) is 11.4 Å². The van der Waals surface area contributed by atoms with Gasteiger partial charge in [-0.15, -0.1) is 0 Å². The molecule has 0 saturated carbocycles. The fourth-order valence-electron chi connectivity index (χ4n) is 1.59. The molecule has 4 nitrogen and oxygen atoms in total. The molecule has 0 radical (unpaired) electrons. The van der Waals surface area contributed by atoms with E-state index in [-0.39, 0.29) is 5.75 Å². The van der Waals surface area contributed by atoms with Crippen molar-refractivity contribution in [3.05, 3.63) is 29.3 Å². The van der Waals surface area contributed by atoms with Crippen LogP contribution in [0.3, 0.4) is 0 Å². The molecule has 2 N–H and O–H groups in total. The van der Waals surface area contributed by atoms with E-state index >= 15 is 0 Å². The van der Waals surface area contributed by atoms with Crippen molar-refractivity contribution in [2.45, 2.75) is 27.2 Å². The smallest absolute Gasteiger partial charge is 0.233 e. The highest BCUT2D eigenvalue weighted by atomic mass is 32.2. The van der Waals surface area contributed by atoms with Crippen molar-refractivity contribution >= 4 is 15.7 Å². The average molecular weight is 270 g/mol. The zero-order valence-electron chi connectivity index (χ0n) is 11.3. The first-order chi connectivity index (χ1) is 8.46. The highest BCUT2D eigenvalue weighted by molar-refractivity contribution is 7.92. The maximum atomic E-state index is 11.9. The fourth-order valence-corrected chi connectivity index (χ4v) is 2.66. The van der Waals surface area contributed by atoms with E-state index in [4.69, 9.17) is 0 Å². The molecule has 0 amide bonds. The first-order valence-corrected chi connectivity index (χ1v) is 7.89. The molecule has 0 bridgehead atoms. The highest BCUT2D eigenvalue weighted by Gasteiger charge is 2.11. The molecule has 1 aromatic rings. The molecule has 18 heavy (non-hydrogen) atoms. The van der Waals surface area contributed by atoms with Gasteiger partial charge in [-0.25, -0.2) is 8.42 Å². The van der Waals surface area contributed by atoms with Crippen LogP contribution in [0.25, 0.3) is 0 Å². The van der Waals surface area contributed by atoms with Gasteiger partial charge in [-0.1, -0.05) is 19.1 Å². The Morgan fingerprint density at radius 3 is 2.56 bits per heavy atom. The van der Waals surface area contributed by atoms with E-state index in [1.165, 1.54) is 0 Å². The third-order valence-electron chi connectivity index (χ3n) is 2.84. The second-order valence-electron chi connectivity index (χ2n) is 4.42. The number of rotatable bonds is 7. The Bertz CT molecular complexity index is 484. The zero-order chi connectivity index (χ0) is 13.6. The quantitative estimate of drug-likeness (QED) is 0.746. The Hall–Kier alpha value is -1.07. The minimum absolute atomic E-state index is 0.0976. The van der Waals surface area contributed by atoms with Crippen molar-refractivity contribution in [3.8, 4) is 0 Å². The Morgan fingerprint density at radius 1 is 1.17 bits per heavy atom. The van der Waals surface area contributed by atoms with Crippen molar-refractivity contribution in [2.24, 2.45) is 0 Å². The van der Waals surface area contributed by atoms with Crippen LogP contribution in [-0.4, -0.2) is 27.3 Å². The van der Waals surface area contributed by atoms with Crippen molar-refractivity contribution in [2.75, 3.05) is 23.6 Å². The molecular formula is C13H22N2O2S. The summed E-state index contributed by atoms with van der Waals surface area (Å²) in [5, 5.41) is 3.08. The molecule has 0 aromatic heterocycles. The van der Waals surface area contributed by atoms with Crippen molar-refractivity contribution in [3.63, 3.8) is 0 Å². The van der Waals surface area contributed by atoms with E-state index in [2.05, 4.69) is 17.0 Å². The van der Waals surface area contributed by atoms with Crippen LogP contribution in [0.4, 0.5) is 5.69 Å². The lowest BCUT2D eigenvalue weighted by Gasteiger charge is -2.12. The molecule has 0 saturated heterocycles. The largest absolute Gasteiger partial charge is 0.316 e. The number of hydrogen-bond donors (Lipinski definition) is 2. The molecule has 0 atom stereocenters. The summed E-state index contributed by atoms with van der Waals surface area (Å²) in [5.74, 6) is 0.0976. The normalized spacial score (nSPS) is 11.5. The van der Waals surface area contributed by atoms with Gasteiger partial charge in [0, 0.05) is 6.54 Å². The van der Waals surface area contributed by atoms with E-state index in [0.717, 1.165) is 24.1 Å². The second-order valence-corrected chi connectivity index (χ2v) is 6.26. The van der Waals surface area contributed by atoms with Crippen LogP contribution >= 0.6 is 0 Å². The van der Waals surface area contributed by atoms with Crippen LogP contribution in [0.15, 0.2) is 18.2 Å². The number of anilines is 1. The van der Waals surface area contributed by atoms with E-state index < -0.39 is 10.0 Å². The third kappa shape index (κ3) is 4.66. The number of hydrogen-bond acceptors (Lipinski definition) is 3. The topological polar surface area (TPSA) is 58.2 Å². The molecule has 0 aliphatic carbocycles. The maximum absolute atomic E-state index is 11.9. The molecule has 0 heterocycles. The minimum Gasteiger partial charge on any atom is -0.316 e. The van der Waals surface area contributed by atoms with Gasteiger partial charge in [-0.3, -0.25) is 4.72 Å². The molecule has 102 valence electrons. The number of nitrogens with one attached hydrogen (secondary N) is 2. The predicted molar refractivity (Wildman–Crippen MR) is 76.5 cm³/mol. The van der Waals surface area contributed by atoms with Crippen LogP contribution in [0.1, 0.15) is 24.5 Å². The van der Waals surface area contributed by atoms with Crippen LogP contribution < -0.4 is 10.0 Å². The molecule has 0 spiro atoms. The summed E-state index contributed by atoms with van der Waals surface area (Å²) in [6, 6.07) is 5.62. The highest BCUT2D eigenvalue weighted by Crippen LogP contribution is 2.19. The molecule has 5 heteroatoms. The first-order valence-electron chi connectivity index (χ1n) is 6.23. The van der Waals surface area contributed by atoms with E-state index in [1.807, 2.05) is 26.0 Å². The van der Waals surface area contributed by atoms with Crippen LogP contribution in [-0.2, 0) is 10.0 Å². The number of aryl methyl sites for hydroxylation is 1. The lowest BCUT2D eigenvalue weighted by molar-refractivity contribution is 0.595. The fraction of sp³-hybridized carbons (Fsp3) is 0.538. The van der Waals surface area contributed by atoms with Gasteiger partial charge >= 0.3 is 0 Å². The van der Waals surface area contributed by atoms with E-state index in [9.17, 15) is 8.42 Å². The summed E-state index contributed by atoms with van der Waals surface area (Å²) in [6.45, 7) is 7.27. The van der Waals surface area contributed by atoms with E-state index in [1.54, 1.807) is 6.07 Å². The van der Waals surface area contributed by atoms with Crippen molar-refractivity contribution < 1.29 is 8.42 Å². The predicted octanol–water partition coefficient (Wildman–Crippen LogP) is 2.04. The van der Waals surface area contributed by atoms with Gasteiger partial charge in [0.15, 0.2) is 0 Å². The molecule has 0 unspecified atom stereocenters. The number of sulfonamides is 1. The summed E-state index contributed by atoms with van der Waals surface area (Å²) >= 11 is 0. The maximum Gasteiger partial charge on any atom is 0.233 e. The standard InChI is InChI=1S/C13H22N2O2S/c1-4-8-14-9-10-18(16,17)15-13-7-5-6-11(2)12(13)3/h5-7,14-15H,4,8-10H2,1-3H3. The van der Waals surface area contributed by atoms with Gasteiger partial charge in [0.2, 0.25) is 10.0 Å². The zero-order valence-corrected chi connectivity index (χ0v) is 12.1. The van der Waals surface area contributed by atoms with Crippen LogP contribution in [0.2, 0.25) is 0 Å². The summed E-state index contributed by atoms with van der Waals surface area (Å²) < 4.78 is 26.4.